The molecule has 0 spiro atoms. The minimum absolute atomic E-state index is 0.298. The largest absolute Gasteiger partial charge is 0.492 e. The molecule has 4 nitrogen and oxygen atoms in total. The summed E-state index contributed by atoms with van der Waals surface area (Å²) in [7, 11) is 0. The molecule has 0 saturated carbocycles. The van der Waals surface area contributed by atoms with Crippen molar-refractivity contribution in [2.45, 2.75) is 12.7 Å². The number of anilines is 1. The molecule has 2 rings (SSSR count). The average Bonchev–Trinajstić information content (AvgIpc) is 2.75. The van der Waals surface area contributed by atoms with Crippen molar-refractivity contribution >= 4 is 5.69 Å². The highest BCUT2D eigenvalue weighted by Crippen LogP contribution is 2.30. The minimum Gasteiger partial charge on any atom is -0.492 e. The van der Waals surface area contributed by atoms with Gasteiger partial charge in [0.1, 0.15) is 12.4 Å². The molecule has 2 N–H and O–H groups in total. The van der Waals surface area contributed by atoms with Crippen molar-refractivity contribution in [3.8, 4) is 5.75 Å². The molecule has 2 aromatic rings. The highest BCUT2D eigenvalue weighted by molar-refractivity contribution is 5.30. The lowest BCUT2D eigenvalue weighted by Gasteiger charge is -2.09. The van der Waals surface area contributed by atoms with Crippen molar-refractivity contribution in [1.82, 2.24) is 9.78 Å². The average molecular weight is 271 g/mol. The molecular weight excluding hydrogens is 259 g/mol. The Morgan fingerprint density at radius 3 is 2.42 bits per heavy atom. The van der Waals surface area contributed by atoms with E-state index in [-0.39, 0.29) is 0 Å². The van der Waals surface area contributed by atoms with Crippen molar-refractivity contribution < 1.29 is 17.9 Å². The molecule has 0 aliphatic carbocycles. The van der Waals surface area contributed by atoms with Gasteiger partial charge in [-0.2, -0.15) is 18.3 Å². The lowest BCUT2D eigenvalue weighted by Crippen LogP contribution is -2.09. The molecule has 1 heterocycles. The Labute approximate surface area is 107 Å². The van der Waals surface area contributed by atoms with Crippen LogP contribution in [-0.4, -0.2) is 16.4 Å². The van der Waals surface area contributed by atoms with E-state index < -0.39 is 11.7 Å². The molecule has 0 saturated heterocycles. The van der Waals surface area contributed by atoms with Gasteiger partial charge in [0.2, 0.25) is 0 Å². The Hall–Kier alpha value is -2.18. The maximum Gasteiger partial charge on any atom is 0.416 e. The van der Waals surface area contributed by atoms with Gasteiger partial charge < -0.3 is 10.5 Å². The van der Waals surface area contributed by atoms with Gasteiger partial charge in [0.15, 0.2) is 0 Å². The Bertz CT molecular complexity index is 534. The van der Waals surface area contributed by atoms with Gasteiger partial charge in [-0.25, -0.2) is 0 Å². The molecule has 0 fully saturated rings. The van der Waals surface area contributed by atoms with Crippen molar-refractivity contribution in [3.63, 3.8) is 0 Å². The molecule has 0 aliphatic heterocycles. The van der Waals surface area contributed by atoms with E-state index in [1.165, 1.54) is 18.3 Å². The number of hydrogen-bond acceptors (Lipinski definition) is 3. The molecule has 0 unspecified atom stereocenters. The van der Waals surface area contributed by atoms with E-state index in [2.05, 4.69) is 5.10 Å². The summed E-state index contributed by atoms with van der Waals surface area (Å²) >= 11 is 0. The molecule has 0 aliphatic rings. The highest BCUT2D eigenvalue weighted by atomic mass is 19.4. The first-order valence-electron chi connectivity index (χ1n) is 5.53. The fourth-order valence-electron chi connectivity index (χ4n) is 1.50. The Balaban J connectivity index is 1.86. The molecule has 0 bridgehead atoms. The number of hydrogen-bond donors (Lipinski definition) is 1. The van der Waals surface area contributed by atoms with Crippen LogP contribution in [0.2, 0.25) is 0 Å². The molecule has 1 aromatic carbocycles. The summed E-state index contributed by atoms with van der Waals surface area (Å²) in [5, 5.41) is 3.96. The van der Waals surface area contributed by atoms with E-state index in [0.717, 1.165) is 12.1 Å². The summed E-state index contributed by atoms with van der Waals surface area (Å²) in [5.74, 6) is 0.383. The molecule has 7 heteroatoms. The number of alkyl halides is 3. The lowest BCUT2D eigenvalue weighted by molar-refractivity contribution is -0.137. The number of benzene rings is 1. The zero-order chi connectivity index (χ0) is 13.9. The number of nitrogens with zero attached hydrogens (tertiary/aromatic N) is 2. The van der Waals surface area contributed by atoms with E-state index in [1.54, 1.807) is 10.9 Å². The minimum atomic E-state index is -4.33. The van der Waals surface area contributed by atoms with E-state index in [0.29, 0.717) is 24.6 Å². The van der Waals surface area contributed by atoms with Crippen LogP contribution >= 0.6 is 0 Å². The summed E-state index contributed by atoms with van der Waals surface area (Å²) in [4.78, 5) is 0. The maximum atomic E-state index is 12.3. The summed E-state index contributed by atoms with van der Waals surface area (Å²) in [6, 6.07) is 4.56. The third-order valence-corrected chi connectivity index (χ3v) is 2.42. The van der Waals surface area contributed by atoms with E-state index in [1.807, 2.05) is 0 Å². The van der Waals surface area contributed by atoms with Crippen LogP contribution in [0.15, 0.2) is 36.7 Å². The molecule has 1 aromatic heterocycles. The van der Waals surface area contributed by atoms with Crippen molar-refractivity contribution in [1.29, 1.82) is 0 Å². The van der Waals surface area contributed by atoms with Crippen molar-refractivity contribution in [3.05, 3.63) is 42.2 Å². The van der Waals surface area contributed by atoms with E-state index in [9.17, 15) is 13.2 Å². The summed E-state index contributed by atoms with van der Waals surface area (Å²) in [6.07, 6.45) is -1.17. The zero-order valence-electron chi connectivity index (χ0n) is 9.89. The zero-order valence-corrected chi connectivity index (χ0v) is 9.89. The number of ether oxygens (including phenoxy) is 1. The highest BCUT2D eigenvalue weighted by Gasteiger charge is 2.29. The summed E-state index contributed by atoms with van der Waals surface area (Å²) in [6.45, 7) is 0.769. The number of nitrogens with two attached hydrogens (primary N) is 1. The number of rotatable bonds is 4. The third kappa shape index (κ3) is 3.64. The second-order valence-electron chi connectivity index (χ2n) is 3.91. The number of nitrogen functional groups attached to an aromatic ring is 1. The normalized spacial score (nSPS) is 11.5. The SMILES string of the molecule is Nc1cnn(CCOc2ccc(C(F)(F)F)cc2)c1. The van der Waals surface area contributed by atoms with Crippen LogP contribution in [0, 0.1) is 0 Å². The van der Waals surface area contributed by atoms with Crippen LogP contribution in [0.5, 0.6) is 5.75 Å². The predicted octanol–water partition coefficient (Wildman–Crippen LogP) is 2.56. The van der Waals surface area contributed by atoms with Gasteiger partial charge >= 0.3 is 6.18 Å². The smallest absolute Gasteiger partial charge is 0.416 e. The van der Waals surface area contributed by atoms with Gasteiger partial charge in [0.05, 0.1) is 24.0 Å². The van der Waals surface area contributed by atoms with Crippen LogP contribution in [0.25, 0.3) is 0 Å². The molecule has 0 radical (unpaired) electrons. The molecule has 0 atom stereocenters. The topological polar surface area (TPSA) is 53.1 Å². The third-order valence-electron chi connectivity index (χ3n) is 2.42. The Morgan fingerprint density at radius 1 is 1.21 bits per heavy atom. The Morgan fingerprint density at radius 2 is 1.89 bits per heavy atom. The fourth-order valence-corrected chi connectivity index (χ4v) is 1.50. The number of halogens is 3. The van der Waals surface area contributed by atoms with Crippen LogP contribution < -0.4 is 10.5 Å². The van der Waals surface area contributed by atoms with E-state index >= 15 is 0 Å². The Kier molecular flexibility index (Phi) is 3.64. The molecular formula is C12H12F3N3O. The van der Waals surface area contributed by atoms with Crippen LogP contribution in [0.1, 0.15) is 5.56 Å². The first-order valence-corrected chi connectivity index (χ1v) is 5.53. The standard InChI is InChI=1S/C12H12F3N3O/c13-12(14,15)9-1-3-11(4-2-9)19-6-5-18-8-10(16)7-17-18/h1-4,7-8H,5-6,16H2. The summed E-state index contributed by atoms with van der Waals surface area (Å²) < 4.78 is 43.9. The van der Waals surface area contributed by atoms with Gasteiger partial charge in [0.25, 0.3) is 0 Å². The maximum absolute atomic E-state index is 12.3. The molecule has 0 amide bonds. The molecule has 19 heavy (non-hydrogen) atoms. The van der Waals surface area contributed by atoms with Gasteiger partial charge in [-0.15, -0.1) is 0 Å². The van der Waals surface area contributed by atoms with Crippen LogP contribution in [0.4, 0.5) is 18.9 Å². The van der Waals surface area contributed by atoms with Crippen LogP contribution in [-0.2, 0) is 12.7 Å². The lowest BCUT2D eigenvalue weighted by atomic mass is 10.2. The second kappa shape index (κ2) is 5.21. The molecule has 102 valence electrons. The summed E-state index contributed by atoms with van der Waals surface area (Å²) in [5.41, 5.74) is 5.34. The van der Waals surface area contributed by atoms with Gasteiger partial charge in [-0.3, -0.25) is 4.68 Å². The second-order valence-corrected chi connectivity index (χ2v) is 3.91. The van der Waals surface area contributed by atoms with Crippen molar-refractivity contribution in [2.24, 2.45) is 0 Å². The first-order chi connectivity index (χ1) is 8.95. The quantitative estimate of drug-likeness (QED) is 0.929. The van der Waals surface area contributed by atoms with Crippen LogP contribution in [0.3, 0.4) is 0 Å². The van der Waals surface area contributed by atoms with Gasteiger partial charge in [0, 0.05) is 6.20 Å². The number of aromatic nitrogens is 2. The predicted molar refractivity (Wildman–Crippen MR) is 63.6 cm³/mol. The van der Waals surface area contributed by atoms with Gasteiger partial charge in [-0.05, 0) is 24.3 Å². The monoisotopic (exact) mass is 271 g/mol. The van der Waals surface area contributed by atoms with E-state index in [4.69, 9.17) is 10.5 Å². The first kappa shape index (κ1) is 13.3. The van der Waals surface area contributed by atoms with Crippen molar-refractivity contribution in [2.75, 3.05) is 12.3 Å². The fraction of sp³-hybridized carbons (Fsp3) is 0.250. The van der Waals surface area contributed by atoms with Gasteiger partial charge in [-0.1, -0.05) is 0 Å².